The molecule has 0 fully saturated rings. The van der Waals surface area contributed by atoms with Crippen LogP contribution in [0.1, 0.15) is 13.3 Å². The average molecular weight is 342 g/mol. The maximum absolute atomic E-state index is 11.1. The molecule has 1 N–H and O–H groups in total. The molecule has 0 radical (unpaired) electrons. The molecule has 1 aromatic heterocycles. The van der Waals surface area contributed by atoms with E-state index in [0.29, 0.717) is 17.2 Å². The number of carboxylic acids is 1. The summed E-state index contributed by atoms with van der Waals surface area (Å²) in [7, 11) is 0. The summed E-state index contributed by atoms with van der Waals surface area (Å²) in [5, 5.41) is 10.7. The quantitative estimate of drug-likeness (QED) is 0.724. The van der Waals surface area contributed by atoms with Crippen LogP contribution in [0.3, 0.4) is 0 Å². The Bertz CT molecular complexity index is 895. The smallest absolute Gasteiger partial charge is 0.344 e. The number of aliphatic carboxylic acids is 1. The van der Waals surface area contributed by atoms with E-state index in [0.717, 1.165) is 22.0 Å². The number of carbonyl (C=O) groups is 1. The predicted molar refractivity (Wildman–Crippen MR) is 94.5 cm³/mol. The number of halogens is 1. The van der Waals surface area contributed by atoms with Gasteiger partial charge in [-0.25, -0.2) is 4.79 Å². The number of rotatable bonds is 5. The summed E-state index contributed by atoms with van der Waals surface area (Å²) in [5.41, 5.74) is 2.63. The number of benzene rings is 2. The molecule has 0 aliphatic rings. The minimum atomic E-state index is -0.977. The number of hydrogen-bond donors (Lipinski definition) is 1. The van der Waals surface area contributed by atoms with Crippen LogP contribution < -0.4 is 4.74 Å². The number of aromatic nitrogens is 1. The number of pyridine rings is 1. The number of fused-ring (bicyclic) bond motifs is 1. The second kappa shape index (κ2) is 6.89. The van der Waals surface area contributed by atoms with Crippen LogP contribution in [0.5, 0.6) is 5.75 Å². The van der Waals surface area contributed by atoms with Gasteiger partial charge in [-0.15, -0.1) is 0 Å². The Labute approximate surface area is 144 Å². The van der Waals surface area contributed by atoms with E-state index in [-0.39, 0.29) is 0 Å². The molecule has 0 aliphatic carbocycles. The Morgan fingerprint density at radius 3 is 2.71 bits per heavy atom. The second-order valence-corrected chi connectivity index (χ2v) is 5.78. The standard InChI is InChI=1S/C19H16ClNO3/c1-2-18(19(22)23)24-12-7-8-15-13(9-10-21-17(15)11-12)14-5-3-4-6-16(14)20/h3-11,18H,2H2,1H3,(H,22,23). The van der Waals surface area contributed by atoms with Gasteiger partial charge in [0, 0.05) is 28.2 Å². The molecular formula is C19H16ClNO3. The molecular weight excluding hydrogens is 326 g/mol. The van der Waals surface area contributed by atoms with E-state index in [2.05, 4.69) is 4.98 Å². The molecule has 1 unspecified atom stereocenters. The van der Waals surface area contributed by atoms with Crippen LogP contribution in [0, 0.1) is 0 Å². The molecule has 0 saturated carbocycles. The first-order valence-electron chi connectivity index (χ1n) is 7.63. The van der Waals surface area contributed by atoms with Crippen molar-refractivity contribution in [2.75, 3.05) is 0 Å². The minimum Gasteiger partial charge on any atom is -0.479 e. The number of ether oxygens (including phenoxy) is 1. The van der Waals surface area contributed by atoms with Crippen LogP contribution in [0.25, 0.3) is 22.0 Å². The molecule has 4 nitrogen and oxygen atoms in total. The Kier molecular flexibility index (Phi) is 4.67. The fourth-order valence-electron chi connectivity index (χ4n) is 2.59. The maximum atomic E-state index is 11.1. The van der Waals surface area contributed by atoms with Crippen LogP contribution in [0.15, 0.2) is 54.7 Å². The Balaban J connectivity index is 2.04. The molecule has 122 valence electrons. The first-order chi connectivity index (χ1) is 11.6. The summed E-state index contributed by atoms with van der Waals surface area (Å²) in [6.07, 6.45) is 1.23. The van der Waals surface area contributed by atoms with E-state index in [1.54, 1.807) is 25.3 Å². The van der Waals surface area contributed by atoms with Gasteiger partial charge in [0.05, 0.1) is 5.52 Å². The van der Waals surface area contributed by atoms with Gasteiger partial charge < -0.3 is 9.84 Å². The predicted octanol–water partition coefficient (Wildman–Crippen LogP) is 4.80. The lowest BCUT2D eigenvalue weighted by Gasteiger charge is -2.14. The summed E-state index contributed by atoms with van der Waals surface area (Å²) in [6.45, 7) is 1.77. The SMILES string of the molecule is CCC(Oc1ccc2c(-c3ccccc3Cl)ccnc2c1)C(=O)O. The van der Waals surface area contributed by atoms with Crippen LogP contribution in [0.4, 0.5) is 0 Å². The lowest BCUT2D eigenvalue weighted by molar-refractivity contribution is -0.145. The Morgan fingerprint density at radius 2 is 2.00 bits per heavy atom. The van der Waals surface area contributed by atoms with Crippen LogP contribution in [-0.2, 0) is 4.79 Å². The van der Waals surface area contributed by atoms with Crippen molar-refractivity contribution >= 4 is 28.5 Å². The van der Waals surface area contributed by atoms with E-state index < -0.39 is 12.1 Å². The number of nitrogens with zero attached hydrogens (tertiary/aromatic N) is 1. The van der Waals surface area contributed by atoms with Crippen molar-refractivity contribution in [2.24, 2.45) is 0 Å². The van der Waals surface area contributed by atoms with Gasteiger partial charge in [-0.05, 0) is 36.2 Å². The van der Waals surface area contributed by atoms with Crippen molar-refractivity contribution < 1.29 is 14.6 Å². The Morgan fingerprint density at radius 1 is 1.21 bits per heavy atom. The molecule has 0 spiro atoms. The topological polar surface area (TPSA) is 59.4 Å². The number of carboxylic acid groups (broad SMARTS) is 1. The molecule has 5 heteroatoms. The third-order valence-corrected chi connectivity index (χ3v) is 4.13. The first-order valence-corrected chi connectivity index (χ1v) is 8.01. The largest absolute Gasteiger partial charge is 0.479 e. The van der Waals surface area contributed by atoms with Crippen molar-refractivity contribution in [3.63, 3.8) is 0 Å². The van der Waals surface area contributed by atoms with Crippen molar-refractivity contribution in [3.05, 3.63) is 59.8 Å². The average Bonchev–Trinajstić information content (AvgIpc) is 2.59. The fourth-order valence-corrected chi connectivity index (χ4v) is 2.83. The first kappa shape index (κ1) is 16.3. The molecule has 3 aromatic rings. The van der Waals surface area contributed by atoms with E-state index >= 15 is 0 Å². The van der Waals surface area contributed by atoms with Gasteiger partial charge in [0.15, 0.2) is 6.10 Å². The monoisotopic (exact) mass is 341 g/mol. The van der Waals surface area contributed by atoms with Gasteiger partial charge in [0.25, 0.3) is 0 Å². The lowest BCUT2D eigenvalue weighted by atomic mass is 10.0. The van der Waals surface area contributed by atoms with Crippen molar-refractivity contribution in [1.29, 1.82) is 0 Å². The van der Waals surface area contributed by atoms with Gasteiger partial charge in [0.2, 0.25) is 0 Å². The lowest BCUT2D eigenvalue weighted by Crippen LogP contribution is -2.25. The molecule has 1 heterocycles. The summed E-state index contributed by atoms with van der Waals surface area (Å²) in [6, 6.07) is 14.9. The highest BCUT2D eigenvalue weighted by Crippen LogP contribution is 2.33. The number of hydrogen-bond acceptors (Lipinski definition) is 3. The van der Waals surface area contributed by atoms with Gasteiger partial charge in [0.1, 0.15) is 5.75 Å². The summed E-state index contributed by atoms with van der Waals surface area (Å²) in [5.74, 6) is -0.490. The zero-order chi connectivity index (χ0) is 17.1. The van der Waals surface area contributed by atoms with Crippen LogP contribution in [0.2, 0.25) is 5.02 Å². The molecule has 2 aromatic carbocycles. The molecule has 1 atom stereocenters. The van der Waals surface area contributed by atoms with Gasteiger partial charge >= 0.3 is 5.97 Å². The van der Waals surface area contributed by atoms with Crippen molar-refractivity contribution in [2.45, 2.75) is 19.4 Å². The second-order valence-electron chi connectivity index (χ2n) is 5.37. The molecule has 3 rings (SSSR count). The summed E-state index contributed by atoms with van der Waals surface area (Å²) < 4.78 is 5.54. The van der Waals surface area contributed by atoms with Crippen LogP contribution in [-0.4, -0.2) is 22.2 Å². The van der Waals surface area contributed by atoms with Gasteiger partial charge in [-0.2, -0.15) is 0 Å². The molecule has 0 amide bonds. The highest BCUT2D eigenvalue weighted by Gasteiger charge is 2.17. The Hall–Kier alpha value is -2.59. The van der Waals surface area contributed by atoms with Gasteiger partial charge in [-0.1, -0.05) is 36.7 Å². The fraction of sp³-hybridized carbons (Fsp3) is 0.158. The van der Waals surface area contributed by atoms with E-state index in [1.807, 2.05) is 36.4 Å². The zero-order valence-corrected chi connectivity index (χ0v) is 13.8. The molecule has 0 bridgehead atoms. The summed E-state index contributed by atoms with van der Waals surface area (Å²) >= 11 is 6.30. The molecule has 0 saturated heterocycles. The van der Waals surface area contributed by atoms with E-state index in [1.165, 1.54) is 0 Å². The highest BCUT2D eigenvalue weighted by atomic mass is 35.5. The minimum absolute atomic E-state index is 0.389. The maximum Gasteiger partial charge on any atom is 0.344 e. The summed E-state index contributed by atoms with van der Waals surface area (Å²) in [4.78, 5) is 15.5. The third-order valence-electron chi connectivity index (χ3n) is 3.80. The van der Waals surface area contributed by atoms with E-state index in [4.69, 9.17) is 21.4 Å². The highest BCUT2D eigenvalue weighted by molar-refractivity contribution is 6.33. The normalized spacial score (nSPS) is 12.1. The van der Waals surface area contributed by atoms with E-state index in [9.17, 15) is 4.79 Å². The van der Waals surface area contributed by atoms with Crippen LogP contribution >= 0.6 is 11.6 Å². The molecule has 0 aliphatic heterocycles. The zero-order valence-electron chi connectivity index (χ0n) is 13.1. The third kappa shape index (κ3) is 3.19. The van der Waals surface area contributed by atoms with Crippen molar-refractivity contribution in [3.8, 4) is 16.9 Å². The van der Waals surface area contributed by atoms with Gasteiger partial charge in [-0.3, -0.25) is 4.98 Å². The van der Waals surface area contributed by atoms with Crippen molar-refractivity contribution in [1.82, 2.24) is 4.98 Å². The molecule has 24 heavy (non-hydrogen) atoms.